The van der Waals surface area contributed by atoms with Gasteiger partial charge in [0.1, 0.15) is 12.1 Å². The van der Waals surface area contributed by atoms with E-state index >= 15 is 0 Å². The normalized spacial score (nSPS) is 19.1. The van der Waals surface area contributed by atoms with Crippen LogP contribution >= 0.6 is 15.9 Å². The Balaban J connectivity index is 1.57. The van der Waals surface area contributed by atoms with Crippen molar-refractivity contribution in [2.45, 2.75) is 12.5 Å². The van der Waals surface area contributed by atoms with E-state index in [-0.39, 0.29) is 11.9 Å². The van der Waals surface area contributed by atoms with E-state index in [4.69, 9.17) is 0 Å². The largest absolute Gasteiger partial charge is 0.352 e. The number of likely N-dealkylation sites (tertiary alicyclic amines) is 1. The van der Waals surface area contributed by atoms with E-state index < -0.39 is 0 Å². The lowest BCUT2D eigenvalue weighted by Crippen LogP contribution is -2.60. The topological polar surface area (TPSA) is 49.3 Å². The smallest absolute Gasteiger partial charge is 0.249 e. The maximum atomic E-state index is 12.0. The highest BCUT2D eigenvalue weighted by Crippen LogP contribution is 2.31. The van der Waals surface area contributed by atoms with E-state index in [0.717, 1.165) is 52.8 Å². The number of hydrogen-bond donors (Lipinski definition) is 0. The second-order valence-electron chi connectivity index (χ2n) is 5.77. The van der Waals surface area contributed by atoms with Gasteiger partial charge in [0.2, 0.25) is 5.91 Å². The van der Waals surface area contributed by atoms with Gasteiger partial charge in [0.25, 0.3) is 0 Å². The van der Waals surface area contributed by atoms with Crippen molar-refractivity contribution in [2.75, 3.05) is 24.5 Å². The van der Waals surface area contributed by atoms with E-state index in [1.54, 1.807) is 6.33 Å². The highest BCUT2D eigenvalue weighted by molar-refractivity contribution is 9.10. The fourth-order valence-corrected chi connectivity index (χ4v) is 3.47. The Morgan fingerprint density at radius 2 is 2.09 bits per heavy atom. The minimum absolute atomic E-state index is 0.111. The molecule has 1 aromatic heterocycles. The summed E-state index contributed by atoms with van der Waals surface area (Å²) >= 11 is 3.50. The van der Waals surface area contributed by atoms with Crippen molar-refractivity contribution in [3.63, 3.8) is 0 Å². The van der Waals surface area contributed by atoms with Gasteiger partial charge in [-0.1, -0.05) is 22.5 Å². The predicted octanol–water partition coefficient (Wildman–Crippen LogP) is 2.37. The average molecular weight is 359 g/mol. The van der Waals surface area contributed by atoms with Gasteiger partial charge in [0, 0.05) is 35.1 Å². The molecule has 2 saturated heterocycles. The van der Waals surface area contributed by atoms with E-state index in [2.05, 4.69) is 37.4 Å². The van der Waals surface area contributed by atoms with E-state index in [9.17, 15) is 4.79 Å². The SMILES string of the molecule is C=C1CCN(C2CN(c3ncnc4ccc(Br)cc34)C2)C1=O. The van der Waals surface area contributed by atoms with Crippen LogP contribution in [0.25, 0.3) is 10.9 Å². The van der Waals surface area contributed by atoms with Crippen molar-refractivity contribution in [1.82, 2.24) is 14.9 Å². The van der Waals surface area contributed by atoms with Gasteiger partial charge in [0.05, 0.1) is 11.6 Å². The molecule has 1 amide bonds. The molecule has 22 heavy (non-hydrogen) atoms. The van der Waals surface area contributed by atoms with Crippen molar-refractivity contribution in [3.05, 3.63) is 41.2 Å². The molecule has 2 aliphatic heterocycles. The van der Waals surface area contributed by atoms with Crippen molar-refractivity contribution in [3.8, 4) is 0 Å². The zero-order valence-electron chi connectivity index (χ0n) is 12.0. The van der Waals surface area contributed by atoms with Crippen molar-refractivity contribution in [1.29, 1.82) is 0 Å². The molecule has 0 unspecified atom stereocenters. The Labute approximate surface area is 136 Å². The van der Waals surface area contributed by atoms with Gasteiger partial charge in [-0.15, -0.1) is 0 Å². The first-order chi connectivity index (χ1) is 10.6. The van der Waals surface area contributed by atoms with E-state index in [0.29, 0.717) is 0 Å². The molecule has 112 valence electrons. The second-order valence-corrected chi connectivity index (χ2v) is 6.69. The zero-order valence-corrected chi connectivity index (χ0v) is 13.6. The molecule has 0 saturated carbocycles. The van der Waals surface area contributed by atoms with E-state index in [1.165, 1.54) is 0 Å². The minimum Gasteiger partial charge on any atom is -0.352 e. The van der Waals surface area contributed by atoms with Gasteiger partial charge in [0.15, 0.2) is 0 Å². The molecule has 2 aliphatic rings. The maximum absolute atomic E-state index is 12.0. The number of benzene rings is 1. The number of hydrogen-bond acceptors (Lipinski definition) is 4. The van der Waals surface area contributed by atoms with Crippen molar-refractivity contribution in [2.24, 2.45) is 0 Å². The fraction of sp³-hybridized carbons (Fsp3) is 0.312. The highest BCUT2D eigenvalue weighted by atomic mass is 79.9. The molecule has 0 N–H and O–H groups in total. The van der Waals surface area contributed by atoms with Gasteiger partial charge in [-0.3, -0.25) is 4.79 Å². The summed E-state index contributed by atoms with van der Waals surface area (Å²) in [6.45, 7) is 6.26. The average Bonchev–Trinajstić information content (AvgIpc) is 2.78. The van der Waals surface area contributed by atoms with Crippen LogP contribution in [-0.4, -0.2) is 46.5 Å². The lowest BCUT2D eigenvalue weighted by atomic mass is 10.1. The molecule has 6 heteroatoms. The maximum Gasteiger partial charge on any atom is 0.249 e. The molecule has 4 rings (SSSR count). The molecule has 5 nitrogen and oxygen atoms in total. The number of halogens is 1. The summed E-state index contributed by atoms with van der Waals surface area (Å²) in [5.74, 6) is 1.05. The van der Waals surface area contributed by atoms with Crippen molar-refractivity contribution < 1.29 is 4.79 Å². The molecule has 0 atom stereocenters. The predicted molar refractivity (Wildman–Crippen MR) is 88.7 cm³/mol. The Morgan fingerprint density at radius 1 is 1.27 bits per heavy atom. The summed E-state index contributed by atoms with van der Waals surface area (Å²) in [6.07, 6.45) is 2.39. The standard InChI is InChI=1S/C16H15BrN4O/c1-10-4-5-21(16(10)22)12-7-20(8-12)15-13-6-11(17)2-3-14(13)18-9-19-15/h2-3,6,9,12H,1,4-5,7-8H2. The van der Waals surface area contributed by atoms with Crippen LogP contribution in [0.3, 0.4) is 0 Å². The molecular formula is C16H15BrN4O. The number of aromatic nitrogens is 2. The van der Waals surface area contributed by atoms with Crippen LogP contribution in [0, 0.1) is 0 Å². The van der Waals surface area contributed by atoms with Crippen molar-refractivity contribution >= 4 is 38.6 Å². The van der Waals surface area contributed by atoms with Crippen LogP contribution in [0.15, 0.2) is 41.2 Å². The van der Waals surface area contributed by atoms with Crippen LogP contribution in [0.1, 0.15) is 6.42 Å². The number of fused-ring (bicyclic) bond motifs is 1. The molecule has 0 bridgehead atoms. The number of carbonyl (C=O) groups excluding carboxylic acids is 1. The molecular weight excluding hydrogens is 344 g/mol. The molecule has 2 aromatic rings. The molecule has 0 aliphatic carbocycles. The van der Waals surface area contributed by atoms with Crippen LogP contribution < -0.4 is 4.90 Å². The Kier molecular flexibility index (Phi) is 3.14. The van der Waals surface area contributed by atoms with Gasteiger partial charge in [-0.05, 0) is 24.6 Å². The first-order valence-electron chi connectivity index (χ1n) is 7.27. The molecule has 3 heterocycles. The van der Waals surface area contributed by atoms with Gasteiger partial charge < -0.3 is 9.80 Å². The Morgan fingerprint density at radius 3 is 2.82 bits per heavy atom. The van der Waals surface area contributed by atoms with Gasteiger partial charge >= 0.3 is 0 Å². The quantitative estimate of drug-likeness (QED) is 0.773. The third-order valence-electron chi connectivity index (χ3n) is 4.40. The van der Waals surface area contributed by atoms with Gasteiger partial charge in [-0.2, -0.15) is 0 Å². The first-order valence-corrected chi connectivity index (χ1v) is 8.07. The summed E-state index contributed by atoms with van der Waals surface area (Å²) in [5.41, 5.74) is 1.66. The Hall–Kier alpha value is -1.95. The number of anilines is 1. The highest BCUT2D eigenvalue weighted by Gasteiger charge is 2.38. The van der Waals surface area contributed by atoms with Gasteiger partial charge in [-0.25, -0.2) is 9.97 Å². The summed E-state index contributed by atoms with van der Waals surface area (Å²) < 4.78 is 1.01. The van der Waals surface area contributed by atoms with Crippen LogP contribution in [-0.2, 0) is 4.79 Å². The molecule has 1 aromatic carbocycles. The van der Waals surface area contributed by atoms with Crippen LogP contribution in [0.5, 0.6) is 0 Å². The summed E-state index contributed by atoms with van der Waals surface area (Å²) in [7, 11) is 0. The fourth-order valence-electron chi connectivity index (χ4n) is 3.11. The number of amides is 1. The lowest BCUT2D eigenvalue weighted by Gasteiger charge is -2.44. The summed E-state index contributed by atoms with van der Waals surface area (Å²) in [4.78, 5) is 24.9. The van der Waals surface area contributed by atoms with Crippen LogP contribution in [0.2, 0.25) is 0 Å². The van der Waals surface area contributed by atoms with Crippen LogP contribution in [0.4, 0.5) is 5.82 Å². The lowest BCUT2D eigenvalue weighted by molar-refractivity contribution is -0.127. The third-order valence-corrected chi connectivity index (χ3v) is 4.89. The zero-order chi connectivity index (χ0) is 15.3. The Bertz CT molecular complexity index is 785. The monoisotopic (exact) mass is 358 g/mol. The number of nitrogens with zero attached hydrogens (tertiary/aromatic N) is 4. The number of carbonyl (C=O) groups is 1. The molecule has 2 fully saturated rings. The second kappa shape index (κ2) is 5.05. The molecule has 0 radical (unpaired) electrons. The van der Waals surface area contributed by atoms with E-state index in [1.807, 2.05) is 23.1 Å². The minimum atomic E-state index is 0.111. The third kappa shape index (κ3) is 2.09. The first kappa shape index (κ1) is 13.7. The summed E-state index contributed by atoms with van der Waals surface area (Å²) in [6, 6.07) is 6.27. The number of rotatable bonds is 2. The summed E-state index contributed by atoms with van der Waals surface area (Å²) in [5, 5.41) is 1.03. The molecule has 0 spiro atoms.